The third-order valence-corrected chi connectivity index (χ3v) is 2.77. The summed E-state index contributed by atoms with van der Waals surface area (Å²) in [5.41, 5.74) is -0.117. The highest BCUT2D eigenvalue weighted by Gasteiger charge is 2.30. The quantitative estimate of drug-likeness (QED) is 0.834. The maximum atomic E-state index is 11.8. The van der Waals surface area contributed by atoms with Gasteiger partial charge < -0.3 is 10.4 Å². The Hall–Kier alpha value is -1.91. The first-order chi connectivity index (χ1) is 8.33. The first-order valence-corrected chi connectivity index (χ1v) is 5.75. The SMILES string of the molecule is C[C@@H](NC(=O)CC(C)(C)C(=O)O)c1ccncc1. The lowest BCUT2D eigenvalue weighted by molar-refractivity contribution is -0.149. The van der Waals surface area contributed by atoms with Gasteiger partial charge in [-0.05, 0) is 38.5 Å². The highest BCUT2D eigenvalue weighted by Crippen LogP contribution is 2.21. The number of carboxylic acids is 1. The fourth-order valence-electron chi connectivity index (χ4n) is 1.50. The van der Waals surface area contributed by atoms with Gasteiger partial charge in [0.2, 0.25) is 5.91 Å². The van der Waals surface area contributed by atoms with Crippen LogP contribution in [-0.4, -0.2) is 22.0 Å². The predicted octanol–water partition coefficient (Wildman–Crippen LogP) is 1.76. The van der Waals surface area contributed by atoms with Gasteiger partial charge in [0.05, 0.1) is 11.5 Å². The Kier molecular flexibility index (Phi) is 4.42. The third-order valence-electron chi connectivity index (χ3n) is 2.77. The Morgan fingerprint density at radius 2 is 1.94 bits per heavy atom. The minimum atomic E-state index is -1.05. The van der Waals surface area contributed by atoms with E-state index in [1.54, 1.807) is 12.4 Å². The van der Waals surface area contributed by atoms with Crippen molar-refractivity contribution in [2.24, 2.45) is 5.41 Å². The summed E-state index contributed by atoms with van der Waals surface area (Å²) in [6.45, 7) is 4.92. The van der Waals surface area contributed by atoms with E-state index in [1.165, 1.54) is 13.8 Å². The number of carbonyl (C=O) groups is 2. The van der Waals surface area contributed by atoms with Gasteiger partial charge in [-0.3, -0.25) is 14.6 Å². The minimum Gasteiger partial charge on any atom is -0.481 e. The van der Waals surface area contributed by atoms with Crippen LogP contribution in [0.2, 0.25) is 0 Å². The summed E-state index contributed by atoms with van der Waals surface area (Å²) in [5.74, 6) is -1.25. The number of hydrogen-bond donors (Lipinski definition) is 2. The van der Waals surface area contributed by atoms with Crippen molar-refractivity contribution in [2.45, 2.75) is 33.2 Å². The van der Waals surface area contributed by atoms with Crippen LogP contribution >= 0.6 is 0 Å². The highest BCUT2D eigenvalue weighted by atomic mass is 16.4. The topological polar surface area (TPSA) is 79.3 Å². The fourth-order valence-corrected chi connectivity index (χ4v) is 1.50. The van der Waals surface area contributed by atoms with Crippen LogP contribution in [0.5, 0.6) is 0 Å². The van der Waals surface area contributed by atoms with Crippen LogP contribution in [0.15, 0.2) is 24.5 Å². The van der Waals surface area contributed by atoms with Crippen molar-refractivity contribution in [3.63, 3.8) is 0 Å². The number of nitrogens with one attached hydrogen (secondary N) is 1. The van der Waals surface area contributed by atoms with Crippen molar-refractivity contribution in [1.29, 1.82) is 0 Å². The molecule has 1 atom stereocenters. The first-order valence-electron chi connectivity index (χ1n) is 5.75. The van der Waals surface area contributed by atoms with Crippen LogP contribution in [-0.2, 0) is 9.59 Å². The lowest BCUT2D eigenvalue weighted by Gasteiger charge is -2.20. The Morgan fingerprint density at radius 1 is 1.39 bits per heavy atom. The summed E-state index contributed by atoms with van der Waals surface area (Å²) in [6, 6.07) is 3.46. The highest BCUT2D eigenvalue weighted by molar-refractivity contribution is 5.84. The van der Waals surface area contributed by atoms with Crippen LogP contribution in [0.3, 0.4) is 0 Å². The Labute approximate surface area is 106 Å². The molecule has 18 heavy (non-hydrogen) atoms. The first kappa shape index (κ1) is 14.2. The van der Waals surface area contributed by atoms with E-state index in [4.69, 9.17) is 5.11 Å². The van der Waals surface area contributed by atoms with Crippen molar-refractivity contribution < 1.29 is 14.7 Å². The maximum Gasteiger partial charge on any atom is 0.309 e. The Balaban J connectivity index is 2.58. The fraction of sp³-hybridized carbons (Fsp3) is 0.462. The number of hydrogen-bond acceptors (Lipinski definition) is 3. The second-order valence-electron chi connectivity index (χ2n) is 4.94. The molecule has 0 saturated carbocycles. The number of carbonyl (C=O) groups excluding carboxylic acids is 1. The van der Waals surface area contributed by atoms with E-state index in [0.717, 1.165) is 5.56 Å². The second kappa shape index (κ2) is 5.62. The molecule has 0 unspecified atom stereocenters. The molecule has 1 heterocycles. The lowest BCUT2D eigenvalue weighted by Crippen LogP contribution is -2.34. The molecule has 5 heteroatoms. The molecular weight excluding hydrogens is 232 g/mol. The number of rotatable bonds is 5. The van der Waals surface area contributed by atoms with Crippen molar-refractivity contribution in [3.05, 3.63) is 30.1 Å². The number of pyridine rings is 1. The molecular formula is C13H18N2O3. The average Bonchev–Trinajstić information content (AvgIpc) is 2.29. The minimum absolute atomic E-state index is 0.0439. The van der Waals surface area contributed by atoms with Gasteiger partial charge in [0.1, 0.15) is 0 Å². The summed E-state index contributed by atoms with van der Waals surface area (Å²) >= 11 is 0. The summed E-state index contributed by atoms with van der Waals surface area (Å²) in [4.78, 5) is 26.6. The average molecular weight is 250 g/mol. The summed E-state index contributed by atoms with van der Waals surface area (Å²) < 4.78 is 0. The maximum absolute atomic E-state index is 11.8. The molecule has 1 aromatic heterocycles. The van der Waals surface area contributed by atoms with Crippen molar-refractivity contribution in [1.82, 2.24) is 10.3 Å². The van der Waals surface area contributed by atoms with Gasteiger partial charge >= 0.3 is 5.97 Å². The van der Waals surface area contributed by atoms with E-state index in [2.05, 4.69) is 10.3 Å². The molecule has 5 nitrogen and oxygen atoms in total. The van der Waals surface area contributed by atoms with E-state index < -0.39 is 11.4 Å². The van der Waals surface area contributed by atoms with Crippen molar-refractivity contribution >= 4 is 11.9 Å². The van der Waals surface area contributed by atoms with Gasteiger partial charge in [0, 0.05) is 18.8 Å². The molecule has 1 amide bonds. The molecule has 0 spiro atoms. The van der Waals surface area contributed by atoms with Crippen LogP contribution in [0, 0.1) is 5.41 Å². The normalized spacial score (nSPS) is 12.8. The van der Waals surface area contributed by atoms with Gasteiger partial charge in [-0.15, -0.1) is 0 Å². The van der Waals surface area contributed by atoms with Gasteiger partial charge in [-0.2, -0.15) is 0 Å². The molecule has 0 radical (unpaired) electrons. The zero-order valence-corrected chi connectivity index (χ0v) is 10.8. The van der Waals surface area contributed by atoms with Gasteiger partial charge in [0.25, 0.3) is 0 Å². The summed E-state index contributed by atoms with van der Waals surface area (Å²) in [6.07, 6.45) is 3.26. The number of aliphatic carboxylic acids is 1. The third kappa shape index (κ3) is 3.84. The molecule has 0 aromatic carbocycles. The second-order valence-corrected chi connectivity index (χ2v) is 4.94. The summed E-state index contributed by atoms with van der Waals surface area (Å²) in [5, 5.41) is 11.7. The largest absolute Gasteiger partial charge is 0.481 e. The Morgan fingerprint density at radius 3 is 2.44 bits per heavy atom. The summed E-state index contributed by atoms with van der Waals surface area (Å²) in [7, 11) is 0. The molecule has 1 rings (SSSR count). The van der Waals surface area contributed by atoms with E-state index in [-0.39, 0.29) is 18.4 Å². The van der Waals surface area contributed by atoms with E-state index in [0.29, 0.717) is 0 Å². The van der Waals surface area contributed by atoms with E-state index >= 15 is 0 Å². The molecule has 0 aliphatic heterocycles. The molecule has 0 saturated heterocycles. The number of nitrogens with zero attached hydrogens (tertiary/aromatic N) is 1. The Bertz CT molecular complexity index is 429. The van der Waals surface area contributed by atoms with E-state index in [9.17, 15) is 9.59 Å². The molecule has 0 aliphatic carbocycles. The molecule has 0 aliphatic rings. The number of aromatic nitrogens is 1. The van der Waals surface area contributed by atoms with Crippen LogP contribution in [0.1, 0.15) is 38.8 Å². The zero-order valence-electron chi connectivity index (χ0n) is 10.8. The van der Waals surface area contributed by atoms with E-state index in [1.807, 2.05) is 19.1 Å². The molecule has 0 bridgehead atoms. The van der Waals surface area contributed by atoms with Crippen molar-refractivity contribution in [2.75, 3.05) is 0 Å². The van der Waals surface area contributed by atoms with Crippen molar-refractivity contribution in [3.8, 4) is 0 Å². The van der Waals surface area contributed by atoms with Gasteiger partial charge in [-0.1, -0.05) is 0 Å². The standard InChI is InChI=1S/C13H18N2O3/c1-9(10-4-6-14-7-5-10)15-11(16)8-13(2,3)12(17)18/h4-7,9H,8H2,1-3H3,(H,15,16)(H,17,18)/t9-/m1/s1. The smallest absolute Gasteiger partial charge is 0.309 e. The molecule has 2 N–H and O–H groups in total. The molecule has 1 aromatic rings. The van der Waals surface area contributed by atoms with Crippen LogP contribution < -0.4 is 5.32 Å². The number of amides is 1. The van der Waals surface area contributed by atoms with Gasteiger partial charge in [-0.25, -0.2) is 0 Å². The number of carboxylic acid groups (broad SMARTS) is 1. The predicted molar refractivity (Wildman–Crippen MR) is 66.8 cm³/mol. The molecule has 98 valence electrons. The molecule has 0 fully saturated rings. The monoisotopic (exact) mass is 250 g/mol. The van der Waals surface area contributed by atoms with Crippen LogP contribution in [0.4, 0.5) is 0 Å². The lowest BCUT2D eigenvalue weighted by atomic mass is 9.89. The zero-order chi connectivity index (χ0) is 13.8. The van der Waals surface area contributed by atoms with Gasteiger partial charge in [0.15, 0.2) is 0 Å². The van der Waals surface area contributed by atoms with Crippen LogP contribution in [0.25, 0.3) is 0 Å².